The van der Waals surface area contributed by atoms with Crippen molar-refractivity contribution in [2.75, 3.05) is 11.9 Å². The number of rotatable bonds is 4. The quantitative estimate of drug-likeness (QED) is 0.795. The van der Waals surface area contributed by atoms with E-state index in [0.717, 1.165) is 17.3 Å². The molecule has 20 heavy (non-hydrogen) atoms. The number of aromatic nitrogens is 2. The monoisotopic (exact) mass is 287 g/mol. The van der Waals surface area contributed by atoms with Crippen LogP contribution in [0.15, 0.2) is 36.4 Å². The third-order valence-corrected chi connectivity index (χ3v) is 4.18. The normalized spacial score (nSPS) is 15.9. The van der Waals surface area contributed by atoms with Gasteiger partial charge in [-0.05, 0) is 25.7 Å². The first kappa shape index (κ1) is 13.4. The Balaban J connectivity index is 1.94. The number of hydrogen-bond donors (Lipinski definition) is 0. The molecular weight excluding hydrogens is 270 g/mol. The highest BCUT2D eigenvalue weighted by molar-refractivity contribution is 6.29. The second kappa shape index (κ2) is 5.41. The maximum Gasteiger partial charge on any atom is 0.163 e. The van der Waals surface area contributed by atoms with E-state index in [1.165, 1.54) is 12.8 Å². The van der Waals surface area contributed by atoms with Crippen molar-refractivity contribution in [2.45, 2.75) is 25.8 Å². The van der Waals surface area contributed by atoms with Gasteiger partial charge >= 0.3 is 0 Å². The summed E-state index contributed by atoms with van der Waals surface area (Å²) in [5.41, 5.74) is 0.990. The van der Waals surface area contributed by atoms with E-state index in [9.17, 15) is 0 Å². The van der Waals surface area contributed by atoms with Crippen LogP contribution in [0, 0.1) is 5.92 Å². The summed E-state index contributed by atoms with van der Waals surface area (Å²) in [4.78, 5) is 11.2. The summed E-state index contributed by atoms with van der Waals surface area (Å²) >= 11 is 6.17. The Bertz CT molecular complexity index is 596. The van der Waals surface area contributed by atoms with Crippen LogP contribution in [0.25, 0.3) is 11.4 Å². The fraction of sp³-hybridized carbons (Fsp3) is 0.375. The van der Waals surface area contributed by atoms with E-state index in [1.807, 2.05) is 36.4 Å². The molecule has 1 saturated carbocycles. The van der Waals surface area contributed by atoms with E-state index in [4.69, 9.17) is 11.6 Å². The fourth-order valence-corrected chi connectivity index (χ4v) is 2.58. The van der Waals surface area contributed by atoms with Crippen LogP contribution in [-0.2, 0) is 0 Å². The molecule has 1 unspecified atom stereocenters. The topological polar surface area (TPSA) is 29.0 Å². The van der Waals surface area contributed by atoms with Gasteiger partial charge in [0.05, 0.1) is 0 Å². The molecule has 1 heterocycles. The molecule has 1 aliphatic rings. The summed E-state index contributed by atoms with van der Waals surface area (Å²) in [5, 5.41) is 0.490. The molecule has 3 nitrogen and oxygen atoms in total. The highest BCUT2D eigenvalue weighted by Gasteiger charge is 2.31. The van der Waals surface area contributed by atoms with Gasteiger partial charge < -0.3 is 4.90 Å². The molecule has 0 spiro atoms. The molecule has 0 saturated heterocycles. The van der Waals surface area contributed by atoms with Crippen LogP contribution in [0.5, 0.6) is 0 Å². The van der Waals surface area contributed by atoms with Gasteiger partial charge in [0, 0.05) is 24.7 Å². The number of anilines is 1. The van der Waals surface area contributed by atoms with Gasteiger partial charge in [0.15, 0.2) is 5.82 Å². The standard InChI is InChI=1S/C16H18ClN3/c1-11(12-8-9-12)20(2)15-10-14(17)18-16(19-15)13-6-4-3-5-7-13/h3-7,10-12H,8-9H2,1-2H3. The molecule has 3 rings (SSSR count). The Labute approximate surface area is 124 Å². The number of nitrogens with zero attached hydrogens (tertiary/aromatic N) is 3. The van der Waals surface area contributed by atoms with Gasteiger partial charge in [0.1, 0.15) is 11.0 Å². The molecule has 4 heteroatoms. The lowest BCUT2D eigenvalue weighted by molar-refractivity contribution is 0.603. The average Bonchev–Trinajstić information content (AvgIpc) is 3.30. The second-order valence-electron chi connectivity index (χ2n) is 5.43. The first-order valence-corrected chi connectivity index (χ1v) is 7.36. The van der Waals surface area contributed by atoms with Crippen LogP contribution in [-0.4, -0.2) is 23.1 Å². The summed E-state index contributed by atoms with van der Waals surface area (Å²) in [6.45, 7) is 2.25. The summed E-state index contributed by atoms with van der Waals surface area (Å²) in [6.07, 6.45) is 2.63. The smallest absolute Gasteiger partial charge is 0.163 e. The van der Waals surface area contributed by atoms with Crippen molar-refractivity contribution >= 4 is 17.4 Å². The highest BCUT2D eigenvalue weighted by Crippen LogP contribution is 2.36. The molecule has 1 atom stereocenters. The largest absolute Gasteiger partial charge is 0.357 e. The predicted octanol–water partition coefficient (Wildman–Crippen LogP) is 4.03. The van der Waals surface area contributed by atoms with Crippen LogP contribution >= 0.6 is 11.6 Å². The van der Waals surface area contributed by atoms with Crippen molar-refractivity contribution in [3.63, 3.8) is 0 Å². The molecule has 1 fully saturated rings. The third kappa shape index (κ3) is 2.78. The minimum absolute atomic E-state index is 0.490. The van der Waals surface area contributed by atoms with Crippen LogP contribution in [0.1, 0.15) is 19.8 Å². The van der Waals surface area contributed by atoms with Crippen molar-refractivity contribution in [1.29, 1.82) is 0 Å². The van der Waals surface area contributed by atoms with E-state index < -0.39 is 0 Å². The molecule has 0 aliphatic heterocycles. The van der Waals surface area contributed by atoms with Crippen LogP contribution < -0.4 is 4.90 Å². The first-order chi connectivity index (χ1) is 9.65. The van der Waals surface area contributed by atoms with Gasteiger partial charge in [-0.15, -0.1) is 0 Å². The molecule has 2 aromatic rings. The molecule has 1 aromatic carbocycles. The zero-order chi connectivity index (χ0) is 14.1. The maximum absolute atomic E-state index is 6.17. The Hall–Kier alpha value is -1.61. The average molecular weight is 288 g/mol. The Morgan fingerprint density at radius 1 is 1.20 bits per heavy atom. The van der Waals surface area contributed by atoms with E-state index in [2.05, 4.69) is 28.8 Å². The van der Waals surface area contributed by atoms with Gasteiger partial charge in [-0.1, -0.05) is 41.9 Å². The SMILES string of the molecule is CC(C1CC1)N(C)c1cc(Cl)nc(-c2ccccc2)n1. The predicted molar refractivity (Wildman–Crippen MR) is 83.1 cm³/mol. The van der Waals surface area contributed by atoms with Crippen LogP contribution in [0.2, 0.25) is 5.15 Å². The highest BCUT2D eigenvalue weighted by atomic mass is 35.5. The van der Waals surface area contributed by atoms with Gasteiger partial charge in [-0.25, -0.2) is 9.97 Å². The summed E-state index contributed by atoms with van der Waals surface area (Å²) in [5.74, 6) is 2.36. The molecule has 0 bridgehead atoms. The molecule has 0 radical (unpaired) electrons. The van der Waals surface area contributed by atoms with E-state index in [-0.39, 0.29) is 0 Å². The third-order valence-electron chi connectivity index (χ3n) is 3.99. The van der Waals surface area contributed by atoms with Gasteiger partial charge in [-0.3, -0.25) is 0 Å². The van der Waals surface area contributed by atoms with Crippen molar-refractivity contribution in [2.24, 2.45) is 5.92 Å². The lowest BCUT2D eigenvalue weighted by Gasteiger charge is -2.26. The maximum atomic E-state index is 6.17. The number of benzene rings is 1. The van der Waals surface area contributed by atoms with E-state index >= 15 is 0 Å². The zero-order valence-electron chi connectivity index (χ0n) is 11.8. The van der Waals surface area contributed by atoms with Crippen molar-refractivity contribution in [3.05, 3.63) is 41.6 Å². The lowest BCUT2D eigenvalue weighted by Crippen LogP contribution is -2.31. The minimum atomic E-state index is 0.490. The zero-order valence-corrected chi connectivity index (χ0v) is 12.5. The minimum Gasteiger partial charge on any atom is -0.357 e. The Morgan fingerprint density at radius 2 is 1.90 bits per heavy atom. The summed E-state index contributed by atoms with van der Waals surface area (Å²) in [6, 6.07) is 12.3. The first-order valence-electron chi connectivity index (χ1n) is 6.98. The van der Waals surface area contributed by atoms with Gasteiger partial charge in [0.2, 0.25) is 0 Å². The molecule has 0 amide bonds. The van der Waals surface area contributed by atoms with Crippen molar-refractivity contribution in [1.82, 2.24) is 9.97 Å². The molecule has 1 aromatic heterocycles. The van der Waals surface area contributed by atoms with Gasteiger partial charge in [0.25, 0.3) is 0 Å². The fourth-order valence-electron chi connectivity index (χ4n) is 2.41. The number of halogens is 1. The molecular formula is C16H18ClN3. The Morgan fingerprint density at radius 3 is 2.55 bits per heavy atom. The molecule has 1 aliphatic carbocycles. The second-order valence-corrected chi connectivity index (χ2v) is 5.81. The van der Waals surface area contributed by atoms with Crippen molar-refractivity contribution < 1.29 is 0 Å². The molecule has 0 N–H and O–H groups in total. The van der Waals surface area contributed by atoms with Crippen molar-refractivity contribution in [3.8, 4) is 11.4 Å². The lowest BCUT2D eigenvalue weighted by atomic mass is 10.2. The Kier molecular flexibility index (Phi) is 3.62. The summed E-state index contributed by atoms with van der Waals surface area (Å²) < 4.78 is 0. The van der Waals surface area contributed by atoms with Gasteiger partial charge in [-0.2, -0.15) is 0 Å². The summed E-state index contributed by atoms with van der Waals surface area (Å²) in [7, 11) is 2.08. The number of hydrogen-bond acceptors (Lipinski definition) is 3. The van der Waals surface area contributed by atoms with Crippen LogP contribution in [0.3, 0.4) is 0 Å². The van der Waals surface area contributed by atoms with Crippen LogP contribution in [0.4, 0.5) is 5.82 Å². The molecule has 104 valence electrons. The van der Waals surface area contributed by atoms with E-state index in [1.54, 1.807) is 0 Å². The van der Waals surface area contributed by atoms with E-state index in [0.29, 0.717) is 17.0 Å².